The maximum Gasteiger partial charge on any atom is 0.329 e. The maximum atomic E-state index is 12.3. The molecule has 5 nitrogen and oxygen atoms in total. The summed E-state index contributed by atoms with van der Waals surface area (Å²) in [6.07, 6.45) is 0.151. The van der Waals surface area contributed by atoms with Crippen LogP contribution in [0.2, 0.25) is 0 Å². The van der Waals surface area contributed by atoms with Crippen molar-refractivity contribution < 1.29 is 19.1 Å². The maximum absolute atomic E-state index is 12.3. The first-order valence-corrected chi connectivity index (χ1v) is 8.56. The normalized spacial score (nSPS) is 19.3. The van der Waals surface area contributed by atoms with Crippen molar-refractivity contribution >= 4 is 29.5 Å². The van der Waals surface area contributed by atoms with E-state index in [9.17, 15) is 14.4 Å². The van der Waals surface area contributed by atoms with E-state index in [1.807, 2.05) is 44.2 Å². The fourth-order valence-corrected chi connectivity index (χ4v) is 3.54. The van der Waals surface area contributed by atoms with Crippen molar-refractivity contribution in [3.05, 3.63) is 35.9 Å². The zero-order valence-corrected chi connectivity index (χ0v) is 14.3. The fraction of sp³-hybridized carbons (Fsp3) is 0.471. The Hall–Kier alpha value is -1.82. The Morgan fingerprint density at radius 3 is 2.52 bits per heavy atom. The molecule has 23 heavy (non-hydrogen) atoms. The topological polar surface area (TPSA) is 63.7 Å². The van der Waals surface area contributed by atoms with Gasteiger partial charge in [0.1, 0.15) is 12.6 Å². The fourth-order valence-electron chi connectivity index (χ4n) is 2.42. The van der Waals surface area contributed by atoms with Crippen LogP contribution in [-0.2, 0) is 25.7 Å². The molecule has 1 aliphatic heterocycles. The van der Waals surface area contributed by atoms with Gasteiger partial charge < -0.3 is 4.74 Å². The first-order chi connectivity index (χ1) is 10.9. The molecule has 2 rings (SSSR count). The van der Waals surface area contributed by atoms with Crippen LogP contribution in [0.5, 0.6) is 0 Å². The van der Waals surface area contributed by atoms with Crippen LogP contribution in [0.25, 0.3) is 0 Å². The van der Waals surface area contributed by atoms with Crippen LogP contribution in [-0.4, -0.2) is 39.2 Å². The minimum absolute atomic E-state index is 0.129. The predicted octanol–water partition coefficient (Wildman–Crippen LogP) is 2.39. The molecule has 0 spiro atoms. The van der Waals surface area contributed by atoms with Crippen molar-refractivity contribution in [3.8, 4) is 0 Å². The third-order valence-corrected chi connectivity index (χ3v) is 4.77. The van der Waals surface area contributed by atoms with Crippen molar-refractivity contribution in [1.82, 2.24) is 4.90 Å². The number of hydrogen-bond donors (Lipinski definition) is 0. The van der Waals surface area contributed by atoms with Gasteiger partial charge in [-0.15, -0.1) is 11.8 Å². The van der Waals surface area contributed by atoms with E-state index < -0.39 is 17.3 Å². The molecule has 6 heteroatoms. The zero-order valence-electron chi connectivity index (χ0n) is 13.5. The quantitative estimate of drug-likeness (QED) is 0.590. The lowest BCUT2D eigenvalue weighted by atomic mass is 10.2. The number of likely N-dealkylation sites (tertiary alicyclic amines) is 1. The first kappa shape index (κ1) is 17.5. The van der Waals surface area contributed by atoms with Crippen molar-refractivity contribution in [3.63, 3.8) is 0 Å². The predicted molar refractivity (Wildman–Crippen MR) is 88.7 cm³/mol. The summed E-state index contributed by atoms with van der Waals surface area (Å²) in [5, 5.41) is -0.149. The lowest BCUT2D eigenvalue weighted by Crippen LogP contribution is -2.44. The molecule has 1 aromatic rings. The van der Waals surface area contributed by atoms with Gasteiger partial charge in [0.25, 0.3) is 0 Å². The van der Waals surface area contributed by atoms with E-state index in [0.717, 1.165) is 10.5 Å². The Balaban J connectivity index is 1.96. The molecule has 1 saturated heterocycles. The van der Waals surface area contributed by atoms with Crippen LogP contribution in [0.4, 0.5) is 0 Å². The van der Waals surface area contributed by atoms with E-state index in [2.05, 4.69) is 0 Å². The van der Waals surface area contributed by atoms with Gasteiger partial charge in [-0.05, 0) is 17.7 Å². The highest BCUT2D eigenvalue weighted by molar-refractivity contribution is 8.01. The third-order valence-electron chi connectivity index (χ3n) is 3.53. The van der Waals surface area contributed by atoms with E-state index in [1.165, 1.54) is 18.7 Å². The number of hydrogen-bond acceptors (Lipinski definition) is 5. The smallest absolute Gasteiger partial charge is 0.329 e. The number of imide groups is 1. The van der Waals surface area contributed by atoms with Crippen molar-refractivity contribution in [1.29, 1.82) is 0 Å². The minimum atomic E-state index is -0.892. The molecule has 0 bridgehead atoms. The van der Waals surface area contributed by atoms with Crippen molar-refractivity contribution in [2.75, 3.05) is 0 Å². The van der Waals surface area contributed by atoms with Crippen LogP contribution in [0.1, 0.15) is 32.8 Å². The first-order valence-electron chi connectivity index (χ1n) is 7.62. The minimum Gasteiger partial charge on any atom is -0.459 e. The summed E-state index contributed by atoms with van der Waals surface area (Å²) < 4.78 is 5.22. The summed E-state index contributed by atoms with van der Waals surface area (Å²) in [6.45, 7) is 5.61. The second-order valence-corrected chi connectivity index (χ2v) is 7.53. The molecule has 1 aromatic carbocycles. The average Bonchev–Trinajstić information content (AvgIpc) is 2.78. The SMILES string of the molecule is CC(C)SC1CC(=O)N(C(C)C(=O)OCc2ccccc2)C1=O. The van der Waals surface area contributed by atoms with Gasteiger partial charge in [0.05, 0.1) is 5.25 Å². The summed E-state index contributed by atoms with van der Waals surface area (Å²) in [6, 6.07) is 8.39. The number of carbonyl (C=O) groups is 3. The summed E-state index contributed by atoms with van der Waals surface area (Å²) >= 11 is 1.45. The molecule has 0 N–H and O–H groups in total. The lowest BCUT2D eigenvalue weighted by molar-refractivity contribution is -0.158. The average molecular weight is 335 g/mol. The zero-order chi connectivity index (χ0) is 17.0. The standard InChI is InChI=1S/C17H21NO4S/c1-11(2)23-14-9-15(19)18(16(14)20)12(3)17(21)22-10-13-7-5-4-6-8-13/h4-8,11-12,14H,9-10H2,1-3H3. The molecule has 0 aliphatic carbocycles. The van der Waals surface area contributed by atoms with Crippen LogP contribution < -0.4 is 0 Å². The van der Waals surface area contributed by atoms with E-state index in [1.54, 1.807) is 0 Å². The highest BCUT2D eigenvalue weighted by Crippen LogP contribution is 2.29. The molecule has 0 radical (unpaired) electrons. The van der Waals surface area contributed by atoms with Crippen LogP contribution in [0.15, 0.2) is 30.3 Å². The molecule has 124 valence electrons. The second kappa shape index (κ2) is 7.64. The molecular formula is C17H21NO4S. The largest absolute Gasteiger partial charge is 0.459 e. The van der Waals surface area contributed by atoms with Crippen LogP contribution >= 0.6 is 11.8 Å². The Kier molecular flexibility index (Phi) is 5.82. The molecular weight excluding hydrogens is 314 g/mol. The number of benzene rings is 1. The molecule has 1 fully saturated rings. The van der Waals surface area contributed by atoms with Gasteiger partial charge in [0, 0.05) is 6.42 Å². The Morgan fingerprint density at radius 1 is 1.26 bits per heavy atom. The van der Waals surface area contributed by atoms with Gasteiger partial charge in [-0.3, -0.25) is 14.5 Å². The number of esters is 1. The summed E-state index contributed by atoms with van der Waals surface area (Å²) in [4.78, 5) is 37.6. The lowest BCUT2D eigenvalue weighted by Gasteiger charge is -2.21. The van der Waals surface area contributed by atoms with Crippen LogP contribution in [0, 0.1) is 0 Å². The number of carbonyl (C=O) groups excluding carboxylic acids is 3. The number of ether oxygens (including phenoxy) is 1. The molecule has 2 amide bonds. The van der Waals surface area contributed by atoms with Gasteiger partial charge in [0.15, 0.2) is 0 Å². The molecule has 2 unspecified atom stereocenters. The van der Waals surface area contributed by atoms with Gasteiger partial charge in [-0.25, -0.2) is 4.79 Å². The van der Waals surface area contributed by atoms with E-state index in [-0.39, 0.29) is 30.1 Å². The van der Waals surface area contributed by atoms with Crippen LogP contribution in [0.3, 0.4) is 0 Å². The van der Waals surface area contributed by atoms with Gasteiger partial charge >= 0.3 is 5.97 Å². The summed E-state index contributed by atoms with van der Waals surface area (Å²) in [5.41, 5.74) is 0.861. The number of nitrogens with zero attached hydrogens (tertiary/aromatic N) is 1. The second-order valence-electron chi connectivity index (χ2n) is 5.75. The van der Waals surface area contributed by atoms with Gasteiger partial charge in [-0.1, -0.05) is 44.2 Å². The van der Waals surface area contributed by atoms with Gasteiger partial charge in [0.2, 0.25) is 11.8 Å². The number of rotatable bonds is 6. The van der Waals surface area contributed by atoms with Crippen molar-refractivity contribution in [2.45, 2.75) is 50.3 Å². The molecule has 0 aromatic heterocycles. The Morgan fingerprint density at radius 2 is 1.91 bits per heavy atom. The monoisotopic (exact) mass is 335 g/mol. The Bertz CT molecular complexity index is 588. The van der Waals surface area contributed by atoms with Gasteiger partial charge in [-0.2, -0.15) is 0 Å². The highest BCUT2D eigenvalue weighted by Gasteiger charge is 2.44. The molecule has 2 atom stereocenters. The van der Waals surface area contributed by atoms with E-state index in [0.29, 0.717) is 0 Å². The number of amides is 2. The molecule has 0 saturated carbocycles. The van der Waals surface area contributed by atoms with E-state index >= 15 is 0 Å². The molecule has 1 aliphatic rings. The van der Waals surface area contributed by atoms with E-state index in [4.69, 9.17) is 4.74 Å². The summed E-state index contributed by atoms with van der Waals surface area (Å²) in [5.74, 6) is -1.17. The number of thioether (sulfide) groups is 1. The summed E-state index contributed by atoms with van der Waals surface area (Å²) in [7, 11) is 0. The Labute approximate surface area is 140 Å². The highest BCUT2D eigenvalue weighted by atomic mass is 32.2. The van der Waals surface area contributed by atoms with Crippen molar-refractivity contribution in [2.24, 2.45) is 0 Å². The third kappa shape index (κ3) is 4.34. The molecule has 1 heterocycles.